The Bertz CT molecular complexity index is 368. The molecule has 108 valence electrons. The van der Waals surface area contributed by atoms with E-state index in [2.05, 4.69) is 13.8 Å². The zero-order valence-corrected chi connectivity index (χ0v) is 12.9. The van der Waals surface area contributed by atoms with Crippen LogP contribution in [0.15, 0.2) is 18.2 Å². The van der Waals surface area contributed by atoms with Crippen LogP contribution in [0.5, 0.6) is 0 Å². The van der Waals surface area contributed by atoms with Gasteiger partial charge in [-0.25, -0.2) is 0 Å². The van der Waals surface area contributed by atoms with Gasteiger partial charge in [0.25, 0.3) is 0 Å². The molecule has 0 amide bonds. The van der Waals surface area contributed by atoms with Crippen LogP contribution in [-0.2, 0) is 17.9 Å². The molecule has 1 rings (SSSR count). The molecule has 1 aromatic carbocycles. The number of hydrogen-bond acceptors (Lipinski definition) is 2. The molecule has 0 aliphatic rings. The van der Waals surface area contributed by atoms with Crippen molar-refractivity contribution in [3.63, 3.8) is 0 Å². The summed E-state index contributed by atoms with van der Waals surface area (Å²) in [6.45, 7) is 6.40. The van der Waals surface area contributed by atoms with E-state index in [1.165, 1.54) is 25.7 Å². The van der Waals surface area contributed by atoms with Crippen LogP contribution in [0.4, 0.5) is 0 Å². The number of nitrogens with two attached hydrogens (primary N) is 1. The molecule has 2 N–H and O–H groups in total. The van der Waals surface area contributed by atoms with Crippen molar-refractivity contribution in [1.29, 1.82) is 0 Å². The second-order valence-electron chi connectivity index (χ2n) is 5.06. The summed E-state index contributed by atoms with van der Waals surface area (Å²) < 4.78 is 5.81. The highest BCUT2D eigenvalue weighted by Crippen LogP contribution is 2.20. The summed E-state index contributed by atoms with van der Waals surface area (Å²) in [4.78, 5) is 0. The van der Waals surface area contributed by atoms with Gasteiger partial charge in [-0.1, -0.05) is 56.8 Å². The standard InChI is InChI=1S/C16H26ClNO/c1-3-5-6-13(4-2)11-19-12-15-8-7-14(10-18)9-16(15)17/h7-9,13H,3-6,10-12,18H2,1-2H3. The Labute approximate surface area is 122 Å². The minimum absolute atomic E-state index is 0.524. The van der Waals surface area contributed by atoms with Crippen molar-refractivity contribution in [2.45, 2.75) is 52.7 Å². The molecule has 1 atom stereocenters. The Morgan fingerprint density at radius 2 is 2.11 bits per heavy atom. The predicted octanol–water partition coefficient (Wildman–Crippen LogP) is 4.53. The van der Waals surface area contributed by atoms with E-state index in [1.807, 2.05) is 18.2 Å². The average Bonchev–Trinajstić information content (AvgIpc) is 2.44. The minimum Gasteiger partial charge on any atom is -0.376 e. The lowest BCUT2D eigenvalue weighted by Gasteiger charge is -2.15. The maximum atomic E-state index is 6.21. The molecular weight excluding hydrogens is 258 g/mol. The number of unbranched alkanes of at least 4 members (excludes halogenated alkanes) is 1. The molecule has 0 aromatic heterocycles. The monoisotopic (exact) mass is 283 g/mol. The van der Waals surface area contributed by atoms with Gasteiger partial charge in [-0.05, 0) is 29.5 Å². The van der Waals surface area contributed by atoms with Crippen molar-refractivity contribution in [3.05, 3.63) is 34.3 Å². The smallest absolute Gasteiger partial charge is 0.0731 e. The first-order valence-corrected chi connectivity index (χ1v) is 7.64. The van der Waals surface area contributed by atoms with Crippen molar-refractivity contribution >= 4 is 11.6 Å². The number of benzene rings is 1. The summed E-state index contributed by atoms with van der Waals surface area (Å²) in [5, 5.41) is 0.754. The van der Waals surface area contributed by atoms with Crippen LogP contribution in [0.25, 0.3) is 0 Å². The predicted molar refractivity (Wildman–Crippen MR) is 82.3 cm³/mol. The fraction of sp³-hybridized carbons (Fsp3) is 0.625. The molecule has 0 fully saturated rings. The minimum atomic E-state index is 0.524. The molecule has 0 saturated heterocycles. The van der Waals surface area contributed by atoms with E-state index < -0.39 is 0 Å². The number of rotatable bonds is 9. The lowest BCUT2D eigenvalue weighted by molar-refractivity contribution is 0.0820. The zero-order valence-electron chi connectivity index (χ0n) is 12.1. The van der Waals surface area contributed by atoms with Crippen LogP contribution >= 0.6 is 11.6 Å². The van der Waals surface area contributed by atoms with Gasteiger partial charge in [0, 0.05) is 18.2 Å². The molecular formula is C16H26ClNO. The number of hydrogen-bond donors (Lipinski definition) is 1. The van der Waals surface area contributed by atoms with Gasteiger partial charge in [0.05, 0.1) is 6.61 Å². The van der Waals surface area contributed by atoms with Gasteiger partial charge in [0.1, 0.15) is 0 Å². The molecule has 1 unspecified atom stereocenters. The highest BCUT2D eigenvalue weighted by atomic mass is 35.5. The Balaban J connectivity index is 2.39. The first kappa shape index (κ1) is 16.5. The summed E-state index contributed by atoms with van der Waals surface area (Å²) >= 11 is 6.21. The quantitative estimate of drug-likeness (QED) is 0.722. The van der Waals surface area contributed by atoms with E-state index in [0.717, 1.165) is 22.8 Å². The summed E-state index contributed by atoms with van der Waals surface area (Å²) in [5.74, 6) is 0.669. The Kier molecular flexibility index (Phi) is 8.11. The molecule has 1 aromatic rings. The maximum absolute atomic E-state index is 6.21. The SMILES string of the molecule is CCCCC(CC)COCc1ccc(CN)cc1Cl. The Hall–Kier alpha value is -0.570. The van der Waals surface area contributed by atoms with Crippen molar-refractivity contribution in [2.75, 3.05) is 6.61 Å². The van der Waals surface area contributed by atoms with Crippen LogP contribution in [0.2, 0.25) is 5.02 Å². The van der Waals surface area contributed by atoms with Crippen LogP contribution in [0.1, 0.15) is 50.7 Å². The summed E-state index contributed by atoms with van der Waals surface area (Å²) in [5.41, 5.74) is 7.69. The first-order valence-electron chi connectivity index (χ1n) is 7.26. The van der Waals surface area contributed by atoms with Gasteiger partial charge < -0.3 is 10.5 Å². The third-order valence-corrected chi connectivity index (χ3v) is 3.86. The fourth-order valence-corrected chi connectivity index (χ4v) is 2.33. The molecule has 0 aliphatic carbocycles. The first-order chi connectivity index (χ1) is 9.21. The van der Waals surface area contributed by atoms with Crippen LogP contribution in [-0.4, -0.2) is 6.61 Å². The fourth-order valence-electron chi connectivity index (χ4n) is 2.07. The third kappa shape index (κ3) is 5.94. The van der Waals surface area contributed by atoms with E-state index in [-0.39, 0.29) is 0 Å². The van der Waals surface area contributed by atoms with Gasteiger partial charge >= 0.3 is 0 Å². The highest BCUT2D eigenvalue weighted by molar-refractivity contribution is 6.31. The Morgan fingerprint density at radius 1 is 1.32 bits per heavy atom. The van der Waals surface area contributed by atoms with E-state index in [1.54, 1.807) is 0 Å². The van der Waals surface area contributed by atoms with Crippen LogP contribution in [0.3, 0.4) is 0 Å². The second-order valence-corrected chi connectivity index (χ2v) is 5.47. The second kappa shape index (κ2) is 9.35. The lowest BCUT2D eigenvalue weighted by Crippen LogP contribution is -2.09. The molecule has 2 nitrogen and oxygen atoms in total. The highest BCUT2D eigenvalue weighted by Gasteiger charge is 2.07. The van der Waals surface area contributed by atoms with Crippen LogP contribution < -0.4 is 5.73 Å². The molecule has 0 aliphatic heterocycles. The van der Waals surface area contributed by atoms with Gasteiger partial charge in [0.2, 0.25) is 0 Å². The molecule has 19 heavy (non-hydrogen) atoms. The summed E-state index contributed by atoms with van der Waals surface area (Å²) in [6, 6.07) is 5.95. The molecule has 0 spiro atoms. The normalized spacial score (nSPS) is 12.6. The van der Waals surface area contributed by atoms with Crippen molar-refractivity contribution in [2.24, 2.45) is 11.7 Å². The van der Waals surface area contributed by atoms with Gasteiger partial charge in [-0.3, -0.25) is 0 Å². The average molecular weight is 284 g/mol. The van der Waals surface area contributed by atoms with Crippen LogP contribution in [0, 0.1) is 5.92 Å². The summed E-state index contributed by atoms with van der Waals surface area (Å²) in [6.07, 6.45) is 4.98. The largest absolute Gasteiger partial charge is 0.376 e. The molecule has 3 heteroatoms. The molecule has 0 heterocycles. The zero-order chi connectivity index (χ0) is 14.1. The molecule has 0 saturated carbocycles. The van der Waals surface area contributed by atoms with E-state index in [4.69, 9.17) is 22.1 Å². The number of ether oxygens (including phenoxy) is 1. The van der Waals surface area contributed by atoms with Gasteiger partial charge in [-0.2, -0.15) is 0 Å². The van der Waals surface area contributed by atoms with Gasteiger partial charge in [-0.15, -0.1) is 0 Å². The third-order valence-electron chi connectivity index (χ3n) is 3.51. The van der Waals surface area contributed by atoms with Crippen molar-refractivity contribution in [3.8, 4) is 0 Å². The molecule has 0 radical (unpaired) electrons. The van der Waals surface area contributed by atoms with Gasteiger partial charge in [0.15, 0.2) is 0 Å². The number of halogens is 1. The van der Waals surface area contributed by atoms with E-state index in [0.29, 0.717) is 19.1 Å². The topological polar surface area (TPSA) is 35.2 Å². The summed E-state index contributed by atoms with van der Waals surface area (Å²) in [7, 11) is 0. The Morgan fingerprint density at radius 3 is 2.68 bits per heavy atom. The van der Waals surface area contributed by atoms with E-state index in [9.17, 15) is 0 Å². The van der Waals surface area contributed by atoms with E-state index >= 15 is 0 Å². The van der Waals surface area contributed by atoms with Crippen molar-refractivity contribution < 1.29 is 4.74 Å². The molecule has 0 bridgehead atoms. The maximum Gasteiger partial charge on any atom is 0.0731 e. The lowest BCUT2D eigenvalue weighted by atomic mass is 10.0. The van der Waals surface area contributed by atoms with Crippen molar-refractivity contribution in [1.82, 2.24) is 0 Å².